The number of ether oxygens (including phenoxy) is 1. The lowest BCUT2D eigenvalue weighted by molar-refractivity contribution is 0.482. The molecule has 0 aliphatic heterocycles. The van der Waals surface area contributed by atoms with E-state index in [0.717, 1.165) is 11.5 Å². The summed E-state index contributed by atoms with van der Waals surface area (Å²) in [5, 5.41) is 0.250. The van der Waals surface area contributed by atoms with E-state index in [0.29, 0.717) is 17.3 Å². The predicted molar refractivity (Wildman–Crippen MR) is 102 cm³/mol. The van der Waals surface area contributed by atoms with Crippen LogP contribution in [0.4, 0.5) is 5.13 Å². The smallest absolute Gasteiger partial charge is 0.263 e. The van der Waals surface area contributed by atoms with Gasteiger partial charge in [0.25, 0.3) is 10.0 Å². The highest BCUT2D eigenvalue weighted by molar-refractivity contribution is 7.93. The van der Waals surface area contributed by atoms with E-state index in [2.05, 4.69) is 14.1 Å². The van der Waals surface area contributed by atoms with Crippen molar-refractivity contribution in [3.63, 3.8) is 0 Å². The van der Waals surface area contributed by atoms with E-state index in [1.165, 1.54) is 12.1 Å². The maximum absolute atomic E-state index is 12.5. The lowest BCUT2D eigenvalue weighted by Crippen LogP contribution is -2.15. The van der Waals surface area contributed by atoms with Crippen molar-refractivity contribution < 1.29 is 13.2 Å². The Morgan fingerprint density at radius 1 is 0.962 bits per heavy atom. The average Bonchev–Trinajstić information content (AvgIpc) is 3.04. The summed E-state index contributed by atoms with van der Waals surface area (Å²) in [6, 6.07) is 15.5. The summed E-state index contributed by atoms with van der Waals surface area (Å²) < 4.78 is 37.4. The normalized spacial score (nSPS) is 12.0. The van der Waals surface area contributed by atoms with Gasteiger partial charge in [-0.1, -0.05) is 39.0 Å². The van der Waals surface area contributed by atoms with Crippen LogP contribution in [0.25, 0.3) is 0 Å². The van der Waals surface area contributed by atoms with Gasteiger partial charge in [-0.05, 0) is 36.4 Å². The van der Waals surface area contributed by atoms with Crippen molar-refractivity contribution in [1.29, 1.82) is 0 Å². The van der Waals surface area contributed by atoms with Crippen LogP contribution in [0.3, 0.4) is 0 Å². The third-order valence-electron chi connectivity index (χ3n) is 3.43. The molecule has 0 aliphatic rings. The fraction of sp³-hybridized carbons (Fsp3) is 0.222. The minimum absolute atomic E-state index is 0.130. The molecule has 0 amide bonds. The zero-order valence-corrected chi connectivity index (χ0v) is 16.3. The predicted octanol–water partition coefficient (Wildman–Crippen LogP) is 4.43. The molecule has 3 aromatic rings. The van der Waals surface area contributed by atoms with E-state index in [9.17, 15) is 8.42 Å². The molecular formula is C18H19N3O3S2. The van der Waals surface area contributed by atoms with Gasteiger partial charge in [-0.15, -0.1) is 0 Å². The van der Waals surface area contributed by atoms with Crippen LogP contribution >= 0.6 is 11.5 Å². The first-order chi connectivity index (χ1) is 12.2. The molecule has 2 aromatic carbocycles. The standard InChI is InChI=1S/C18H19N3O3S2/c1-18(2,3)16-19-17(25-20-16)21-26(22,23)15-11-9-14(10-12-15)24-13-7-5-4-6-8-13/h4-12H,1-3H3,(H,19,20,21). The molecule has 0 unspecified atom stereocenters. The average molecular weight is 390 g/mol. The molecule has 26 heavy (non-hydrogen) atoms. The number of nitrogens with one attached hydrogen (secondary N) is 1. The van der Waals surface area contributed by atoms with Gasteiger partial charge in [0.2, 0.25) is 5.13 Å². The number of sulfonamides is 1. The van der Waals surface area contributed by atoms with Crippen LogP contribution in [-0.4, -0.2) is 17.8 Å². The quantitative estimate of drug-likeness (QED) is 0.698. The highest BCUT2D eigenvalue weighted by Crippen LogP contribution is 2.26. The van der Waals surface area contributed by atoms with E-state index in [1.54, 1.807) is 12.1 Å². The Kier molecular flexibility index (Phi) is 4.97. The molecule has 136 valence electrons. The first-order valence-corrected chi connectivity index (χ1v) is 10.2. The SMILES string of the molecule is CC(C)(C)c1nsc(NS(=O)(=O)c2ccc(Oc3ccccc3)cc2)n1. The van der Waals surface area contributed by atoms with Crippen molar-refractivity contribution in [2.75, 3.05) is 4.72 Å². The summed E-state index contributed by atoms with van der Waals surface area (Å²) in [6.45, 7) is 5.91. The van der Waals surface area contributed by atoms with Gasteiger partial charge >= 0.3 is 0 Å². The monoisotopic (exact) mass is 389 g/mol. The first kappa shape index (κ1) is 18.3. The van der Waals surface area contributed by atoms with Crippen molar-refractivity contribution in [2.24, 2.45) is 0 Å². The molecular weight excluding hydrogens is 370 g/mol. The summed E-state index contributed by atoms with van der Waals surface area (Å²) in [4.78, 5) is 4.39. The second-order valence-electron chi connectivity index (χ2n) is 6.67. The molecule has 0 saturated heterocycles. The second kappa shape index (κ2) is 7.05. The molecule has 0 aliphatic carbocycles. The Balaban J connectivity index is 1.74. The Morgan fingerprint density at radius 3 is 2.15 bits per heavy atom. The maximum Gasteiger partial charge on any atom is 0.263 e. The highest BCUT2D eigenvalue weighted by atomic mass is 32.2. The van der Waals surface area contributed by atoms with Crippen molar-refractivity contribution in [2.45, 2.75) is 31.1 Å². The van der Waals surface area contributed by atoms with Gasteiger partial charge in [-0.25, -0.2) is 13.4 Å². The van der Waals surface area contributed by atoms with Gasteiger partial charge in [0, 0.05) is 16.9 Å². The molecule has 1 aromatic heterocycles. The summed E-state index contributed by atoms with van der Waals surface area (Å²) in [5.41, 5.74) is -0.239. The van der Waals surface area contributed by atoms with Gasteiger partial charge in [0.15, 0.2) is 0 Å². The summed E-state index contributed by atoms with van der Waals surface area (Å²) in [5.74, 6) is 1.85. The zero-order chi connectivity index (χ0) is 18.8. The molecule has 0 fully saturated rings. The summed E-state index contributed by atoms with van der Waals surface area (Å²) in [7, 11) is -3.73. The molecule has 3 rings (SSSR count). The van der Waals surface area contributed by atoms with Crippen molar-refractivity contribution in [3.8, 4) is 11.5 Å². The fourth-order valence-corrected chi connectivity index (χ4v) is 4.04. The molecule has 0 atom stereocenters. The van der Waals surface area contributed by atoms with Crippen LogP contribution in [0.5, 0.6) is 11.5 Å². The number of anilines is 1. The molecule has 1 N–H and O–H groups in total. The summed E-state index contributed by atoms with van der Waals surface area (Å²) in [6.07, 6.45) is 0. The van der Waals surface area contributed by atoms with Gasteiger partial charge in [0.1, 0.15) is 17.3 Å². The van der Waals surface area contributed by atoms with Crippen molar-refractivity contribution in [3.05, 3.63) is 60.4 Å². The molecule has 8 heteroatoms. The Labute approximate surface area is 157 Å². The lowest BCUT2D eigenvalue weighted by atomic mass is 9.96. The van der Waals surface area contributed by atoms with E-state index in [1.807, 2.05) is 51.1 Å². The molecule has 6 nitrogen and oxygen atoms in total. The minimum atomic E-state index is -3.73. The molecule has 1 heterocycles. The number of hydrogen-bond acceptors (Lipinski definition) is 6. The Hall–Kier alpha value is -2.45. The number of benzene rings is 2. The van der Waals surface area contributed by atoms with Gasteiger partial charge in [-0.3, -0.25) is 4.72 Å². The van der Waals surface area contributed by atoms with Crippen LogP contribution < -0.4 is 9.46 Å². The molecule has 0 bridgehead atoms. The second-order valence-corrected chi connectivity index (χ2v) is 9.10. The van der Waals surface area contributed by atoms with E-state index in [4.69, 9.17) is 4.74 Å². The number of aromatic nitrogens is 2. The number of nitrogens with zero attached hydrogens (tertiary/aromatic N) is 2. The molecule has 0 spiro atoms. The zero-order valence-electron chi connectivity index (χ0n) is 14.6. The minimum Gasteiger partial charge on any atom is -0.457 e. The summed E-state index contributed by atoms with van der Waals surface area (Å²) >= 11 is 1.03. The fourth-order valence-electron chi connectivity index (χ4n) is 2.05. The van der Waals surface area contributed by atoms with Crippen LogP contribution in [0.1, 0.15) is 26.6 Å². The number of hydrogen-bond donors (Lipinski definition) is 1. The maximum atomic E-state index is 12.5. The topological polar surface area (TPSA) is 81.2 Å². The highest BCUT2D eigenvalue weighted by Gasteiger charge is 2.22. The number of rotatable bonds is 5. The first-order valence-electron chi connectivity index (χ1n) is 7.94. The van der Waals surface area contributed by atoms with Crippen LogP contribution in [0.2, 0.25) is 0 Å². The van der Waals surface area contributed by atoms with E-state index in [-0.39, 0.29) is 15.4 Å². The van der Waals surface area contributed by atoms with E-state index >= 15 is 0 Å². The largest absolute Gasteiger partial charge is 0.457 e. The van der Waals surface area contributed by atoms with E-state index < -0.39 is 10.0 Å². The van der Waals surface area contributed by atoms with Crippen molar-refractivity contribution >= 4 is 26.7 Å². The Bertz CT molecular complexity index is 977. The van der Waals surface area contributed by atoms with Crippen LogP contribution in [0, 0.1) is 0 Å². The molecule has 0 radical (unpaired) electrons. The van der Waals surface area contributed by atoms with Gasteiger partial charge < -0.3 is 4.74 Å². The lowest BCUT2D eigenvalue weighted by Gasteiger charge is -2.12. The van der Waals surface area contributed by atoms with Gasteiger partial charge in [-0.2, -0.15) is 4.37 Å². The number of para-hydroxylation sites is 1. The third kappa shape index (κ3) is 4.39. The third-order valence-corrected chi connectivity index (χ3v) is 5.55. The Morgan fingerprint density at radius 2 is 1.58 bits per heavy atom. The van der Waals surface area contributed by atoms with Crippen LogP contribution in [-0.2, 0) is 15.4 Å². The van der Waals surface area contributed by atoms with Gasteiger partial charge in [0.05, 0.1) is 4.90 Å². The van der Waals surface area contributed by atoms with Crippen LogP contribution in [0.15, 0.2) is 59.5 Å². The van der Waals surface area contributed by atoms with Crippen molar-refractivity contribution in [1.82, 2.24) is 9.36 Å². The molecule has 0 saturated carbocycles.